The number of hydrogen-bond donors (Lipinski definition) is 1. The van der Waals surface area contributed by atoms with E-state index >= 15 is 0 Å². The van der Waals surface area contributed by atoms with Gasteiger partial charge < -0.3 is 19.7 Å². The molecule has 1 fully saturated rings. The van der Waals surface area contributed by atoms with Crippen LogP contribution in [-0.4, -0.2) is 81.5 Å². The van der Waals surface area contributed by atoms with Gasteiger partial charge in [0.25, 0.3) is 5.91 Å². The molecule has 1 aliphatic carbocycles. The Morgan fingerprint density at radius 2 is 1.69 bits per heavy atom. The summed E-state index contributed by atoms with van der Waals surface area (Å²) in [6, 6.07) is 8.14. The molecular weight excluding hydrogens is 516 g/mol. The second-order valence-electron chi connectivity index (χ2n) is 10.5. The second-order valence-corrected chi connectivity index (χ2v) is 10.9. The van der Waals surface area contributed by atoms with Gasteiger partial charge in [-0.3, -0.25) is 14.5 Å². The monoisotopic (exact) mass is 560 g/mol. The molecule has 3 rings (SSSR count). The van der Waals surface area contributed by atoms with E-state index in [1.165, 1.54) is 0 Å². The average molecular weight is 561 g/mol. The predicted octanol–water partition coefficient (Wildman–Crippen LogP) is 4.86. The number of amides is 2. The number of carbonyl (C=O) groups is 2. The van der Waals surface area contributed by atoms with E-state index < -0.39 is 0 Å². The summed E-state index contributed by atoms with van der Waals surface area (Å²) in [5, 5.41) is 3.00. The van der Waals surface area contributed by atoms with Gasteiger partial charge in [-0.25, -0.2) is 4.99 Å². The lowest BCUT2D eigenvalue weighted by Gasteiger charge is -2.33. The lowest BCUT2D eigenvalue weighted by molar-refractivity contribution is -0.127. The first-order valence-electron chi connectivity index (χ1n) is 14.3. The number of aliphatic imine (C=N–C) groups is 1. The summed E-state index contributed by atoms with van der Waals surface area (Å²) in [5.74, 6) is 1.46. The lowest BCUT2D eigenvalue weighted by atomic mass is 9.84. The number of alkyl halides is 1. The molecule has 39 heavy (non-hydrogen) atoms. The van der Waals surface area contributed by atoms with Crippen molar-refractivity contribution in [1.82, 2.24) is 10.2 Å². The number of ether oxygens (including phenoxy) is 2. The molecular formula is C30H45ClN4O4. The van der Waals surface area contributed by atoms with Gasteiger partial charge in [0.2, 0.25) is 5.91 Å². The molecule has 0 unspecified atom stereocenters. The summed E-state index contributed by atoms with van der Waals surface area (Å²) in [7, 11) is 4.00. The Balaban J connectivity index is 1.32. The standard InChI is InChI=1S/C30H45ClN4O4/c1-23-33-28(22-24-8-12-26(13-9-24)34(2)3)30(37)35(23)27-14-10-25(11-15-27)29(36)32-17-19-39-21-20-38-18-7-5-4-6-16-31/h8-9,12-13,22,25,27H,4-7,10-11,14-21H2,1-3H3,(H,32,36)/b28-22-/t25-,27-. The smallest absolute Gasteiger partial charge is 0.278 e. The predicted molar refractivity (Wildman–Crippen MR) is 158 cm³/mol. The second kappa shape index (κ2) is 16.6. The summed E-state index contributed by atoms with van der Waals surface area (Å²) in [6.07, 6.45) is 9.38. The van der Waals surface area contributed by atoms with Crippen molar-refractivity contribution in [2.75, 3.05) is 57.8 Å². The Kier molecular flexibility index (Phi) is 13.3. The molecule has 0 atom stereocenters. The van der Waals surface area contributed by atoms with Crippen LogP contribution in [0.25, 0.3) is 6.08 Å². The van der Waals surface area contributed by atoms with E-state index in [0.29, 0.717) is 32.1 Å². The van der Waals surface area contributed by atoms with E-state index in [1.807, 2.05) is 61.2 Å². The summed E-state index contributed by atoms with van der Waals surface area (Å²) in [6.45, 7) is 4.72. The summed E-state index contributed by atoms with van der Waals surface area (Å²) >= 11 is 5.67. The Morgan fingerprint density at radius 1 is 1.03 bits per heavy atom. The Hall–Kier alpha value is -2.42. The highest BCUT2D eigenvalue weighted by atomic mass is 35.5. The zero-order valence-electron chi connectivity index (χ0n) is 23.8. The van der Waals surface area contributed by atoms with Crippen LogP contribution in [0.5, 0.6) is 0 Å². The van der Waals surface area contributed by atoms with Crippen LogP contribution in [0.3, 0.4) is 0 Å². The molecule has 2 amide bonds. The molecule has 1 aromatic rings. The quantitative estimate of drug-likeness (QED) is 0.177. The van der Waals surface area contributed by atoms with Crippen molar-refractivity contribution in [3.8, 4) is 0 Å². The van der Waals surface area contributed by atoms with Crippen molar-refractivity contribution in [1.29, 1.82) is 0 Å². The molecule has 1 heterocycles. The van der Waals surface area contributed by atoms with Crippen molar-refractivity contribution < 1.29 is 19.1 Å². The number of nitrogens with zero attached hydrogens (tertiary/aromatic N) is 3. The number of halogens is 1. The number of hydrogen-bond acceptors (Lipinski definition) is 6. The average Bonchev–Trinajstić information content (AvgIpc) is 3.21. The zero-order chi connectivity index (χ0) is 28.0. The minimum absolute atomic E-state index is 0.0245. The minimum atomic E-state index is -0.0514. The maximum absolute atomic E-state index is 13.2. The normalized spacial score (nSPS) is 20.4. The first kappa shape index (κ1) is 31.1. The first-order chi connectivity index (χ1) is 18.9. The van der Waals surface area contributed by atoms with Crippen molar-refractivity contribution in [2.45, 2.75) is 64.3 Å². The first-order valence-corrected chi connectivity index (χ1v) is 14.8. The van der Waals surface area contributed by atoms with Crippen LogP contribution in [0.15, 0.2) is 35.0 Å². The highest BCUT2D eigenvalue weighted by Gasteiger charge is 2.37. The molecule has 1 N–H and O–H groups in total. The topological polar surface area (TPSA) is 83.5 Å². The van der Waals surface area contributed by atoms with Crippen LogP contribution in [0.2, 0.25) is 0 Å². The summed E-state index contributed by atoms with van der Waals surface area (Å²) in [4.78, 5) is 34.2. The molecule has 0 spiro atoms. The third-order valence-corrected chi connectivity index (χ3v) is 7.57. The maximum Gasteiger partial charge on any atom is 0.278 e. The molecule has 1 aromatic carbocycles. The van der Waals surface area contributed by atoms with Gasteiger partial charge in [-0.05, 0) is 69.2 Å². The number of benzene rings is 1. The van der Waals surface area contributed by atoms with Crippen molar-refractivity contribution in [3.05, 3.63) is 35.5 Å². The molecule has 8 nitrogen and oxygen atoms in total. The van der Waals surface area contributed by atoms with Gasteiger partial charge in [0.15, 0.2) is 0 Å². The highest BCUT2D eigenvalue weighted by Crippen LogP contribution is 2.31. The summed E-state index contributed by atoms with van der Waals surface area (Å²) in [5.41, 5.74) is 2.53. The van der Waals surface area contributed by atoms with E-state index in [1.54, 1.807) is 0 Å². The molecule has 0 radical (unpaired) electrons. The van der Waals surface area contributed by atoms with Gasteiger partial charge in [-0.1, -0.05) is 25.0 Å². The fourth-order valence-electron chi connectivity index (χ4n) is 5.06. The molecule has 216 valence electrons. The van der Waals surface area contributed by atoms with Crippen LogP contribution >= 0.6 is 11.6 Å². The zero-order valence-corrected chi connectivity index (χ0v) is 24.5. The largest absolute Gasteiger partial charge is 0.379 e. The molecule has 1 aliphatic heterocycles. The fourth-order valence-corrected chi connectivity index (χ4v) is 5.25. The van der Waals surface area contributed by atoms with Gasteiger partial charge in [0.1, 0.15) is 11.5 Å². The number of nitrogens with one attached hydrogen (secondary N) is 1. The minimum Gasteiger partial charge on any atom is -0.379 e. The molecule has 0 bridgehead atoms. The van der Waals surface area contributed by atoms with Crippen LogP contribution < -0.4 is 10.2 Å². The van der Waals surface area contributed by atoms with E-state index in [9.17, 15) is 9.59 Å². The lowest BCUT2D eigenvalue weighted by Crippen LogP contribution is -2.44. The van der Waals surface area contributed by atoms with Crippen molar-refractivity contribution in [2.24, 2.45) is 10.9 Å². The summed E-state index contributed by atoms with van der Waals surface area (Å²) < 4.78 is 11.1. The van der Waals surface area contributed by atoms with Crippen molar-refractivity contribution in [3.63, 3.8) is 0 Å². The Bertz CT molecular complexity index is 972. The van der Waals surface area contributed by atoms with E-state index in [2.05, 4.69) is 10.3 Å². The number of anilines is 1. The van der Waals surface area contributed by atoms with E-state index in [0.717, 1.165) is 80.9 Å². The van der Waals surface area contributed by atoms with Crippen LogP contribution in [0.1, 0.15) is 63.9 Å². The van der Waals surface area contributed by atoms with Gasteiger partial charge in [0.05, 0.1) is 19.8 Å². The maximum atomic E-state index is 13.2. The number of unbranched alkanes of at least 4 members (excludes halogenated alkanes) is 3. The van der Waals surface area contributed by atoms with Crippen LogP contribution in [0.4, 0.5) is 5.69 Å². The number of amidine groups is 1. The molecule has 2 aliphatic rings. The molecule has 1 saturated carbocycles. The van der Waals surface area contributed by atoms with Gasteiger partial charge in [0, 0.05) is 50.8 Å². The molecule has 0 aromatic heterocycles. The van der Waals surface area contributed by atoms with E-state index in [-0.39, 0.29) is 23.8 Å². The van der Waals surface area contributed by atoms with Crippen LogP contribution in [0, 0.1) is 5.92 Å². The third-order valence-electron chi connectivity index (χ3n) is 7.30. The number of carbonyl (C=O) groups excluding carboxylic acids is 2. The van der Waals surface area contributed by atoms with Gasteiger partial charge in [-0.15, -0.1) is 11.6 Å². The molecule has 9 heteroatoms. The Labute approximate surface area is 238 Å². The number of rotatable bonds is 16. The van der Waals surface area contributed by atoms with Crippen molar-refractivity contribution >= 4 is 41.0 Å². The highest BCUT2D eigenvalue weighted by molar-refractivity contribution is 6.17. The van der Waals surface area contributed by atoms with Crippen LogP contribution in [-0.2, 0) is 19.1 Å². The molecule has 0 saturated heterocycles. The Morgan fingerprint density at radius 3 is 2.36 bits per heavy atom. The fraction of sp³-hybridized carbons (Fsp3) is 0.633. The third kappa shape index (κ3) is 9.92. The van der Waals surface area contributed by atoms with Gasteiger partial charge >= 0.3 is 0 Å². The van der Waals surface area contributed by atoms with Gasteiger partial charge in [-0.2, -0.15) is 0 Å². The van der Waals surface area contributed by atoms with E-state index in [4.69, 9.17) is 21.1 Å². The SMILES string of the molecule is CC1=N/C(=C\c2ccc(N(C)C)cc2)C(=O)N1[C@H]1CC[C@H](C(=O)NCCOCCOCCCCCCCl)CC1.